The first-order valence-corrected chi connectivity index (χ1v) is 5.74. The summed E-state index contributed by atoms with van der Waals surface area (Å²) in [6, 6.07) is 0. The van der Waals surface area contributed by atoms with Crippen LogP contribution in [0, 0.1) is 5.41 Å². The van der Waals surface area contributed by atoms with Gasteiger partial charge in [0.15, 0.2) is 6.29 Å². The molecule has 0 heterocycles. The maximum Gasteiger partial charge on any atom is 0.170 e. The van der Waals surface area contributed by atoms with Gasteiger partial charge in [-0.2, -0.15) is 0 Å². The molecule has 0 aliphatic rings. The average Bonchev–Trinajstić information content (AvgIpc) is 2.07. The molecule has 0 aliphatic heterocycles. The summed E-state index contributed by atoms with van der Waals surface area (Å²) < 4.78 is 11.3. The maximum atomic E-state index is 9.28. The third kappa shape index (κ3) is 6.43. The Morgan fingerprint density at radius 3 is 1.88 bits per heavy atom. The molecule has 4 heteroatoms. The van der Waals surface area contributed by atoms with Gasteiger partial charge in [-0.15, -0.1) is 0 Å². The highest BCUT2D eigenvalue weighted by Crippen LogP contribution is 2.24. The molecule has 0 spiro atoms. The van der Waals surface area contributed by atoms with Gasteiger partial charge in [0.05, 0.1) is 18.3 Å². The van der Waals surface area contributed by atoms with Crippen LogP contribution in [0.5, 0.6) is 0 Å². The van der Waals surface area contributed by atoms with Crippen molar-refractivity contribution < 1.29 is 14.6 Å². The molecule has 98 valence electrons. The van der Waals surface area contributed by atoms with Gasteiger partial charge in [-0.1, -0.05) is 20.8 Å². The number of ether oxygens (including phenoxy) is 2. The second-order valence-electron chi connectivity index (χ2n) is 6.07. The fraction of sp³-hybridized carbons (Fsp3) is 1.00. The number of rotatable bonds is 5. The lowest BCUT2D eigenvalue weighted by molar-refractivity contribution is -0.231. The van der Waals surface area contributed by atoms with Gasteiger partial charge in [0.2, 0.25) is 0 Å². The maximum absolute atomic E-state index is 9.28. The van der Waals surface area contributed by atoms with Gasteiger partial charge < -0.3 is 20.3 Å². The molecule has 3 N–H and O–H groups in total. The first-order chi connectivity index (χ1) is 7.10. The van der Waals surface area contributed by atoms with Crippen molar-refractivity contribution in [1.82, 2.24) is 0 Å². The van der Waals surface area contributed by atoms with E-state index in [4.69, 9.17) is 15.2 Å². The second-order valence-corrected chi connectivity index (χ2v) is 6.07. The van der Waals surface area contributed by atoms with E-state index in [1.54, 1.807) is 0 Å². The van der Waals surface area contributed by atoms with Gasteiger partial charge in [0.1, 0.15) is 0 Å². The Labute approximate surface area is 99.1 Å². The van der Waals surface area contributed by atoms with E-state index >= 15 is 0 Å². The zero-order valence-corrected chi connectivity index (χ0v) is 11.4. The summed E-state index contributed by atoms with van der Waals surface area (Å²) in [6.45, 7) is 12.1. The Morgan fingerprint density at radius 1 is 1.12 bits per heavy atom. The van der Waals surface area contributed by atoms with Crippen molar-refractivity contribution in [3.8, 4) is 0 Å². The predicted molar refractivity (Wildman–Crippen MR) is 65.1 cm³/mol. The van der Waals surface area contributed by atoms with Crippen LogP contribution in [-0.2, 0) is 9.47 Å². The van der Waals surface area contributed by atoms with Crippen LogP contribution >= 0.6 is 0 Å². The van der Waals surface area contributed by atoms with Crippen LogP contribution in [0.2, 0.25) is 0 Å². The molecule has 4 nitrogen and oxygen atoms in total. The first-order valence-electron chi connectivity index (χ1n) is 5.74. The molecule has 0 aromatic carbocycles. The molecular weight excluding hydrogens is 206 g/mol. The number of hydrogen-bond acceptors (Lipinski definition) is 4. The zero-order valence-electron chi connectivity index (χ0n) is 11.4. The summed E-state index contributed by atoms with van der Waals surface area (Å²) in [5.41, 5.74) is 5.16. The van der Waals surface area contributed by atoms with Gasteiger partial charge in [-0.3, -0.25) is 0 Å². The molecule has 0 aromatic heterocycles. The Morgan fingerprint density at radius 2 is 1.62 bits per heavy atom. The van der Waals surface area contributed by atoms with Gasteiger partial charge in [-0.05, 0) is 26.2 Å². The van der Waals surface area contributed by atoms with Crippen LogP contribution in [-0.4, -0.2) is 36.3 Å². The van der Waals surface area contributed by atoms with Crippen molar-refractivity contribution in [2.45, 2.75) is 59.5 Å². The lowest BCUT2D eigenvalue weighted by atomic mass is 9.89. The molecule has 2 unspecified atom stereocenters. The molecule has 2 atom stereocenters. The molecule has 0 radical (unpaired) electrons. The van der Waals surface area contributed by atoms with Crippen LogP contribution in [0.4, 0.5) is 0 Å². The fourth-order valence-electron chi connectivity index (χ4n) is 1.23. The minimum Gasteiger partial charge on any atom is -0.394 e. The van der Waals surface area contributed by atoms with E-state index in [9.17, 15) is 5.11 Å². The van der Waals surface area contributed by atoms with Crippen molar-refractivity contribution in [1.29, 1.82) is 0 Å². The summed E-state index contributed by atoms with van der Waals surface area (Å²) >= 11 is 0. The largest absolute Gasteiger partial charge is 0.394 e. The van der Waals surface area contributed by atoms with E-state index in [-0.39, 0.29) is 30.3 Å². The number of nitrogens with two attached hydrogens (primary N) is 1. The highest BCUT2D eigenvalue weighted by atomic mass is 16.7. The van der Waals surface area contributed by atoms with E-state index in [1.807, 2.05) is 41.5 Å². The van der Waals surface area contributed by atoms with Crippen molar-refractivity contribution in [2.75, 3.05) is 13.2 Å². The number of aliphatic hydroxyl groups is 1. The van der Waals surface area contributed by atoms with E-state index in [0.717, 1.165) is 0 Å². The average molecular weight is 233 g/mol. The van der Waals surface area contributed by atoms with E-state index in [1.165, 1.54) is 0 Å². The molecule has 0 fully saturated rings. The molecule has 16 heavy (non-hydrogen) atoms. The van der Waals surface area contributed by atoms with E-state index < -0.39 is 6.29 Å². The summed E-state index contributed by atoms with van der Waals surface area (Å²) in [7, 11) is 0. The van der Waals surface area contributed by atoms with Crippen LogP contribution in [0.3, 0.4) is 0 Å². The monoisotopic (exact) mass is 233 g/mol. The first kappa shape index (κ1) is 15.8. The summed E-state index contributed by atoms with van der Waals surface area (Å²) in [6.07, 6.45) is -0.750. The number of aliphatic hydroxyl groups excluding tert-OH is 1. The van der Waals surface area contributed by atoms with Gasteiger partial charge >= 0.3 is 0 Å². The second kappa shape index (κ2) is 5.96. The van der Waals surface area contributed by atoms with Gasteiger partial charge in [0, 0.05) is 6.54 Å². The van der Waals surface area contributed by atoms with Crippen LogP contribution < -0.4 is 5.73 Å². The lowest BCUT2D eigenvalue weighted by Crippen LogP contribution is -2.42. The highest BCUT2D eigenvalue weighted by molar-refractivity contribution is 4.75. The molecule has 0 bridgehead atoms. The third-order valence-electron chi connectivity index (χ3n) is 2.13. The predicted octanol–water partition coefficient (Wildman–Crippen LogP) is 1.51. The standard InChI is InChI=1S/C12H27NO3/c1-11(2,3)9(8-14)15-10(7-13)16-12(4,5)6/h9-10,14H,7-8,13H2,1-6H3. The van der Waals surface area contributed by atoms with Gasteiger partial charge in [0.25, 0.3) is 0 Å². The Bertz CT molecular complexity index is 193. The minimum atomic E-state index is -0.476. The molecule has 0 aliphatic carbocycles. The lowest BCUT2D eigenvalue weighted by Gasteiger charge is -2.34. The minimum absolute atomic E-state index is 0.0342. The van der Waals surface area contributed by atoms with Crippen molar-refractivity contribution in [2.24, 2.45) is 11.1 Å². The summed E-state index contributed by atoms with van der Waals surface area (Å²) in [5.74, 6) is 0. The third-order valence-corrected chi connectivity index (χ3v) is 2.13. The topological polar surface area (TPSA) is 64.7 Å². The van der Waals surface area contributed by atoms with Gasteiger partial charge in [-0.25, -0.2) is 0 Å². The number of hydrogen-bond donors (Lipinski definition) is 2. The Hall–Kier alpha value is -0.160. The smallest absolute Gasteiger partial charge is 0.170 e. The zero-order chi connectivity index (χ0) is 13.0. The van der Waals surface area contributed by atoms with Crippen LogP contribution in [0.15, 0.2) is 0 Å². The highest BCUT2D eigenvalue weighted by Gasteiger charge is 2.29. The van der Waals surface area contributed by atoms with Crippen molar-refractivity contribution >= 4 is 0 Å². The summed E-state index contributed by atoms with van der Waals surface area (Å²) in [4.78, 5) is 0. The molecule has 0 saturated carbocycles. The Kier molecular flexibility index (Phi) is 5.90. The molecule has 0 aromatic rings. The Balaban J connectivity index is 4.40. The normalized spacial score (nSPS) is 17.2. The molecular formula is C12H27NO3. The van der Waals surface area contributed by atoms with Crippen LogP contribution in [0.25, 0.3) is 0 Å². The van der Waals surface area contributed by atoms with E-state index in [2.05, 4.69) is 0 Å². The molecule has 0 rings (SSSR count). The molecule has 0 amide bonds. The summed E-state index contributed by atoms with van der Waals surface area (Å²) in [5, 5.41) is 9.28. The quantitative estimate of drug-likeness (QED) is 0.706. The van der Waals surface area contributed by atoms with E-state index in [0.29, 0.717) is 0 Å². The molecule has 0 saturated heterocycles. The fourth-order valence-corrected chi connectivity index (χ4v) is 1.23. The van der Waals surface area contributed by atoms with Crippen molar-refractivity contribution in [3.05, 3.63) is 0 Å². The van der Waals surface area contributed by atoms with Crippen molar-refractivity contribution in [3.63, 3.8) is 0 Å². The SMILES string of the molecule is CC(C)(C)OC(CN)OC(CO)C(C)(C)C. The van der Waals surface area contributed by atoms with Crippen LogP contribution in [0.1, 0.15) is 41.5 Å².